The fraction of sp³-hybridized carbons (Fsp3) is 0.333. The Morgan fingerprint density at radius 3 is 2.50 bits per heavy atom. The molecule has 2 N–H and O–H groups in total. The van der Waals surface area contributed by atoms with Crippen molar-refractivity contribution in [1.82, 2.24) is 9.97 Å². The largest absolute Gasteiger partial charge is 0.467 e. The summed E-state index contributed by atoms with van der Waals surface area (Å²) in [6.07, 6.45) is -0.195. The highest BCUT2D eigenvalue weighted by Crippen LogP contribution is 2.41. The summed E-state index contributed by atoms with van der Waals surface area (Å²) in [7, 11) is 0. The second-order valence-corrected chi connectivity index (χ2v) is 9.96. The number of aryl methyl sites for hydroxylation is 1. The van der Waals surface area contributed by atoms with Gasteiger partial charge in [-0.15, -0.1) is 0 Å². The maximum atomic E-state index is 15.5. The maximum absolute atomic E-state index is 15.5. The van der Waals surface area contributed by atoms with E-state index in [1.807, 2.05) is 0 Å². The number of rotatable bonds is 8. The number of hydrogen-bond acceptors (Lipinski definition) is 7. The fourth-order valence-corrected chi connectivity index (χ4v) is 4.97. The molecule has 2 aromatic carbocycles. The summed E-state index contributed by atoms with van der Waals surface area (Å²) in [6, 6.07) is 8.01. The van der Waals surface area contributed by atoms with E-state index in [1.54, 1.807) is 26.8 Å². The van der Waals surface area contributed by atoms with Crippen LogP contribution in [0.5, 0.6) is 5.88 Å². The van der Waals surface area contributed by atoms with Gasteiger partial charge in [0.1, 0.15) is 16.9 Å². The number of primary amides is 1. The Morgan fingerprint density at radius 2 is 1.90 bits per heavy atom. The van der Waals surface area contributed by atoms with Crippen molar-refractivity contribution in [1.29, 1.82) is 5.26 Å². The summed E-state index contributed by atoms with van der Waals surface area (Å²) in [5, 5.41) is 9.38. The normalized spacial score (nSPS) is 15.1. The van der Waals surface area contributed by atoms with Gasteiger partial charge >= 0.3 is 0 Å². The number of carbonyl (C=O) groups is 2. The molecule has 208 valence electrons. The predicted octanol–water partition coefficient (Wildman–Crippen LogP) is 4.49. The molecule has 9 nitrogen and oxygen atoms in total. The van der Waals surface area contributed by atoms with Crippen LogP contribution in [0.3, 0.4) is 0 Å². The van der Waals surface area contributed by atoms with E-state index in [-0.39, 0.29) is 44.7 Å². The van der Waals surface area contributed by atoms with Gasteiger partial charge in [-0.25, -0.2) is 18.2 Å². The van der Waals surface area contributed by atoms with Gasteiger partial charge in [0.25, 0.3) is 17.7 Å². The monoisotopic (exact) mass is 570 g/mol. The molecule has 1 aromatic heterocycles. The number of thiocarbonyl (C=S) groups is 1. The van der Waals surface area contributed by atoms with E-state index in [0.29, 0.717) is 6.42 Å². The predicted molar refractivity (Wildman–Crippen MR) is 146 cm³/mol. The SMILES string of the molecule is CCc1nc(OCC(N)=O)c2cc(N3C(=S)N(c4ccc(C#N)c(C(F)(F)CC)c4)C(=O)C3(C)C)cc(F)c2n1. The van der Waals surface area contributed by atoms with Crippen LogP contribution in [-0.2, 0) is 21.9 Å². The quantitative estimate of drug-likeness (QED) is 0.393. The Labute approximate surface area is 233 Å². The number of ether oxygens (including phenoxy) is 1. The number of nitrogens with zero attached hydrogens (tertiary/aromatic N) is 5. The van der Waals surface area contributed by atoms with Crippen molar-refractivity contribution >= 4 is 51.4 Å². The van der Waals surface area contributed by atoms with E-state index in [2.05, 4.69) is 9.97 Å². The van der Waals surface area contributed by atoms with Gasteiger partial charge in [-0.2, -0.15) is 10.2 Å². The minimum atomic E-state index is -3.32. The summed E-state index contributed by atoms with van der Waals surface area (Å²) in [6.45, 7) is 5.64. The summed E-state index contributed by atoms with van der Waals surface area (Å²) in [5.41, 5.74) is 3.18. The highest BCUT2D eigenvalue weighted by atomic mass is 32.1. The van der Waals surface area contributed by atoms with E-state index < -0.39 is 47.7 Å². The van der Waals surface area contributed by atoms with Crippen LogP contribution in [0.1, 0.15) is 51.1 Å². The molecule has 0 unspecified atom stereocenters. The van der Waals surface area contributed by atoms with Crippen LogP contribution in [0.4, 0.5) is 24.5 Å². The number of carbonyl (C=O) groups excluding carboxylic acids is 2. The molecule has 1 aliphatic rings. The number of aromatic nitrogens is 2. The standard InChI is InChI=1S/C27H25F3N6O3S/c1-5-21-33-22-17(23(34-21)39-13-20(32)37)9-16(11-19(22)28)36-25(40)35(24(38)26(36,3)4)15-8-7-14(12-31)18(10-15)27(29,30)6-2/h7-11H,5-6,13H2,1-4H3,(H2,32,37). The highest BCUT2D eigenvalue weighted by molar-refractivity contribution is 7.81. The second-order valence-electron chi connectivity index (χ2n) is 9.59. The van der Waals surface area contributed by atoms with Crippen molar-refractivity contribution in [3.05, 3.63) is 53.1 Å². The van der Waals surface area contributed by atoms with Crippen LogP contribution in [-0.4, -0.2) is 39.0 Å². The van der Waals surface area contributed by atoms with Gasteiger partial charge < -0.3 is 15.4 Å². The number of nitrogens with two attached hydrogens (primary N) is 1. The van der Waals surface area contributed by atoms with Crippen molar-refractivity contribution in [2.75, 3.05) is 16.4 Å². The van der Waals surface area contributed by atoms with Crippen LogP contribution >= 0.6 is 12.2 Å². The minimum absolute atomic E-state index is 0.0374. The molecule has 0 atom stereocenters. The van der Waals surface area contributed by atoms with E-state index in [4.69, 9.17) is 22.7 Å². The number of alkyl halides is 2. The molecule has 0 saturated carbocycles. The van der Waals surface area contributed by atoms with Crippen molar-refractivity contribution < 1.29 is 27.5 Å². The molecule has 1 aliphatic heterocycles. The lowest BCUT2D eigenvalue weighted by Gasteiger charge is -2.29. The van der Waals surface area contributed by atoms with Gasteiger partial charge in [-0.1, -0.05) is 13.8 Å². The number of fused-ring (bicyclic) bond motifs is 1. The number of nitriles is 1. The molecule has 1 fully saturated rings. The Balaban J connectivity index is 1.86. The van der Waals surface area contributed by atoms with Crippen LogP contribution in [0.25, 0.3) is 10.9 Å². The van der Waals surface area contributed by atoms with Gasteiger partial charge in [0.05, 0.1) is 22.7 Å². The zero-order chi connectivity index (χ0) is 29.6. The van der Waals surface area contributed by atoms with Crippen LogP contribution in [0, 0.1) is 17.1 Å². The lowest BCUT2D eigenvalue weighted by Crippen LogP contribution is -2.44. The van der Waals surface area contributed by atoms with E-state index >= 15 is 4.39 Å². The molecule has 0 spiro atoms. The molecular weight excluding hydrogens is 545 g/mol. The molecule has 40 heavy (non-hydrogen) atoms. The molecule has 2 heterocycles. The maximum Gasteiger partial charge on any atom is 0.274 e. The summed E-state index contributed by atoms with van der Waals surface area (Å²) < 4.78 is 50.3. The number of hydrogen-bond donors (Lipinski definition) is 1. The van der Waals surface area contributed by atoms with Crippen molar-refractivity contribution in [2.24, 2.45) is 5.73 Å². The van der Waals surface area contributed by atoms with Gasteiger partial charge in [-0.3, -0.25) is 14.5 Å². The van der Waals surface area contributed by atoms with Crippen molar-refractivity contribution in [3.8, 4) is 11.9 Å². The fourth-order valence-electron chi connectivity index (χ4n) is 4.45. The molecule has 0 aliphatic carbocycles. The summed E-state index contributed by atoms with van der Waals surface area (Å²) in [5.74, 6) is -5.21. The van der Waals surface area contributed by atoms with Gasteiger partial charge in [0.15, 0.2) is 17.5 Å². The Morgan fingerprint density at radius 1 is 1.20 bits per heavy atom. The zero-order valence-corrected chi connectivity index (χ0v) is 22.9. The van der Waals surface area contributed by atoms with Crippen molar-refractivity contribution in [2.45, 2.75) is 52.0 Å². The molecule has 0 radical (unpaired) electrons. The third-order valence-electron chi connectivity index (χ3n) is 6.56. The lowest BCUT2D eigenvalue weighted by atomic mass is 9.98. The molecule has 13 heteroatoms. The van der Waals surface area contributed by atoms with Crippen LogP contribution in [0.2, 0.25) is 0 Å². The van der Waals surface area contributed by atoms with Crippen molar-refractivity contribution in [3.63, 3.8) is 0 Å². The smallest absolute Gasteiger partial charge is 0.274 e. The number of amides is 2. The number of benzene rings is 2. The topological polar surface area (TPSA) is 125 Å². The first-order chi connectivity index (χ1) is 18.8. The lowest BCUT2D eigenvalue weighted by molar-refractivity contribution is -0.121. The van der Waals surface area contributed by atoms with Crippen LogP contribution in [0.15, 0.2) is 30.3 Å². The number of anilines is 2. The Hall–Kier alpha value is -4.31. The summed E-state index contributed by atoms with van der Waals surface area (Å²) in [4.78, 5) is 35.9. The third-order valence-corrected chi connectivity index (χ3v) is 6.93. The van der Waals surface area contributed by atoms with Gasteiger partial charge in [-0.05, 0) is 56.4 Å². The molecule has 0 bridgehead atoms. The first-order valence-electron chi connectivity index (χ1n) is 12.3. The van der Waals surface area contributed by atoms with E-state index in [9.17, 15) is 23.6 Å². The number of halogens is 3. The average molecular weight is 571 g/mol. The second kappa shape index (κ2) is 10.3. The molecule has 3 aromatic rings. The molecular formula is C27H25F3N6O3S. The zero-order valence-electron chi connectivity index (χ0n) is 22.1. The van der Waals surface area contributed by atoms with Gasteiger partial charge in [0, 0.05) is 24.1 Å². The molecule has 4 rings (SSSR count). The third kappa shape index (κ3) is 4.79. The van der Waals surface area contributed by atoms with Crippen LogP contribution < -0.4 is 20.3 Å². The molecule has 2 amide bonds. The van der Waals surface area contributed by atoms with Gasteiger partial charge in [0.2, 0.25) is 5.88 Å². The Bertz CT molecular complexity index is 1600. The summed E-state index contributed by atoms with van der Waals surface area (Å²) >= 11 is 5.63. The average Bonchev–Trinajstić information content (AvgIpc) is 3.09. The molecule has 1 saturated heterocycles. The highest BCUT2D eigenvalue weighted by Gasteiger charge is 2.51. The first-order valence-corrected chi connectivity index (χ1v) is 12.7. The Kier molecular flexibility index (Phi) is 7.42. The van der Waals surface area contributed by atoms with E-state index in [1.165, 1.54) is 30.0 Å². The minimum Gasteiger partial charge on any atom is -0.467 e. The van der Waals surface area contributed by atoms with E-state index in [0.717, 1.165) is 17.0 Å². The first kappa shape index (κ1) is 28.7.